The Labute approximate surface area is 112 Å². The molecule has 94 valence electrons. The molecule has 1 aromatic carbocycles. The maximum absolute atomic E-state index is 13.4. The fourth-order valence-corrected chi connectivity index (χ4v) is 1.62. The van der Waals surface area contributed by atoms with E-state index in [0.29, 0.717) is 27.5 Å². The molecule has 0 aliphatic rings. The van der Waals surface area contributed by atoms with Gasteiger partial charge in [-0.25, -0.2) is 4.39 Å². The third kappa shape index (κ3) is 2.70. The summed E-state index contributed by atoms with van der Waals surface area (Å²) in [6.45, 7) is 0. The number of hydrogen-bond acceptors (Lipinski definition) is 4. The highest BCUT2D eigenvalue weighted by Crippen LogP contribution is 2.26. The van der Waals surface area contributed by atoms with Gasteiger partial charge in [0, 0.05) is 11.8 Å². The molecule has 0 saturated carbocycles. The summed E-state index contributed by atoms with van der Waals surface area (Å²) in [6, 6.07) is 8.00. The summed E-state index contributed by atoms with van der Waals surface area (Å²) >= 11 is 3.09. The molecule has 1 heterocycles. The zero-order valence-corrected chi connectivity index (χ0v) is 11.2. The van der Waals surface area contributed by atoms with Gasteiger partial charge in [-0.2, -0.15) is 4.98 Å². The fourth-order valence-electron chi connectivity index (χ4n) is 1.38. The molecule has 3 N–H and O–H groups in total. The van der Waals surface area contributed by atoms with E-state index in [0.717, 1.165) is 0 Å². The standard InChI is InChI=1S/C12H11BrFN3O/c1-18-11-5-4-10(15)12(17-11)16-7-2-3-8(13)9(14)6-7/h2-6H,15H2,1H3,(H,16,17). The van der Waals surface area contributed by atoms with Gasteiger partial charge in [0.2, 0.25) is 5.88 Å². The van der Waals surface area contributed by atoms with Crippen molar-refractivity contribution in [1.29, 1.82) is 0 Å². The zero-order valence-electron chi connectivity index (χ0n) is 9.58. The highest BCUT2D eigenvalue weighted by atomic mass is 79.9. The van der Waals surface area contributed by atoms with E-state index in [4.69, 9.17) is 10.5 Å². The van der Waals surface area contributed by atoms with Crippen molar-refractivity contribution in [2.45, 2.75) is 0 Å². The Balaban J connectivity index is 2.30. The number of benzene rings is 1. The van der Waals surface area contributed by atoms with Crippen LogP contribution in [0.5, 0.6) is 5.88 Å². The van der Waals surface area contributed by atoms with Gasteiger partial charge < -0.3 is 15.8 Å². The Morgan fingerprint density at radius 3 is 2.78 bits per heavy atom. The number of nitrogens with two attached hydrogens (primary N) is 1. The topological polar surface area (TPSA) is 60.2 Å². The van der Waals surface area contributed by atoms with E-state index >= 15 is 0 Å². The largest absolute Gasteiger partial charge is 0.481 e. The van der Waals surface area contributed by atoms with Crippen LogP contribution in [0.2, 0.25) is 0 Å². The minimum atomic E-state index is -0.360. The third-order valence-electron chi connectivity index (χ3n) is 2.29. The summed E-state index contributed by atoms with van der Waals surface area (Å²) < 4.78 is 18.8. The second kappa shape index (κ2) is 5.22. The number of nitrogens with one attached hydrogen (secondary N) is 1. The SMILES string of the molecule is COc1ccc(N)c(Nc2ccc(Br)c(F)c2)n1. The summed E-state index contributed by atoms with van der Waals surface area (Å²) in [5.74, 6) is 0.502. The van der Waals surface area contributed by atoms with Crippen LogP contribution < -0.4 is 15.8 Å². The van der Waals surface area contributed by atoms with E-state index in [1.54, 1.807) is 24.3 Å². The first kappa shape index (κ1) is 12.6. The lowest BCUT2D eigenvalue weighted by Gasteiger charge is -2.10. The lowest BCUT2D eigenvalue weighted by atomic mass is 10.3. The van der Waals surface area contributed by atoms with E-state index in [1.165, 1.54) is 13.2 Å². The van der Waals surface area contributed by atoms with Gasteiger partial charge >= 0.3 is 0 Å². The summed E-state index contributed by atoms with van der Waals surface area (Å²) in [6.07, 6.45) is 0. The monoisotopic (exact) mass is 311 g/mol. The van der Waals surface area contributed by atoms with Crippen LogP contribution in [0.3, 0.4) is 0 Å². The first-order chi connectivity index (χ1) is 8.60. The first-order valence-electron chi connectivity index (χ1n) is 5.12. The lowest BCUT2D eigenvalue weighted by Crippen LogP contribution is -2.00. The van der Waals surface area contributed by atoms with E-state index in [9.17, 15) is 4.39 Å². The molecule has 2 aromatic rings. The fraction of sp³-hybridized carbons (Fsp3) is 0.0833. The van der Waals surface area contributed by atoms with Crippen LogP contribution in [0.1, 0.15) is 0 Å². The van der Waals surface area contributed by atoms with Crippen LogP contribution in [-0.2, 0) is 0 Å². The van der Waals surface area contributed by atoms with E-state index < -0.39 is 0 Å². The maximum atomic E-state index is 13.4. The van der Waals surface area contributed by atoms with Crippen molar-refractivity contribution in [3.05, 3.63) is 40.6 Å². The average molecular weight is 312 g/mol. The summed E-state index contributed by atoms with van der Waals surface area (Å²) in [4.78, 5) is 4.15. The van der Waals surface area contributed by atoms with Crippen molar-refractivity contribution in [2.24, 2.45) is 0 Å². The van der Waals surface area contributed by atoms with Crippen LogP contribution in [0.15, 0.2) is 34.8 Å². The van der Waals surface area contributed by atoms with Crippen LogP contribution in [0, 0.1) is 5.82 Å². The average Bonchev–Trinajstić information content (AvgIpc) is 2.36. The Kier molecular flexibility index (Phi) is 3.66. The second-order valence-electron chi connectivity index (χ2n) is 3.55. The number of aromatic nitrogens is 1. The molecule has 0 fully saturated rings. The van der Waals surface area contributed by atoms with Crippen LogP contribution in [0.25, 0.3) is 0 Å². The van der Waals surface area contributed by atoms with Crippen LogP contribution in [-0.4, -0.2) is 12.1 Å². The van der Waals surface area contributed by atoms with Crippen molar-refractivity contribution in [3.63, 3.8) is 0 Å². The summed E-state index contributed by atoms with van der Waals surface area (Å²) in [7, 11) is 1.52. The van der Waals surface area contributed by atoms with Crippen molar-refractivity contribution in [1.82, 2.24) is 4.98 Å². The normalized spacial score (nSPS) is 10.2. The van der Waals surface area contributed by atoms with Crippen molar-refractivity contribution in [3.8, 4) is 5.88 Å². The summed E-state index contributed by atoms with van der Waals surface area (Å²) in [5.41, 5.74) is 6.79. The van der Waals surface area contributed by atoms with Crippen LogP contribution >= 0.6 is 15.9 Å². The zero-order chi connectivity index (χ0) is 13.1. The molecule has 0 unspecified atom stereocenters. The Morgan fingerprint density at radius 1 is 1.33 bits per heavy atom. The van der Waals surface area contributed by atoms with Gasteiger partial charge in [0.15, 0.2) is 5.82 Å². The summed E-state index contributed by atoms with van der Waals surface area (Å²) in [5, 5.41) is 2.94. The van der Waals surface area contributed by atoms with E-state index in [-0.39, 0.29) is 5.82 Å². The molecule has 0 radical (unpaired) electrons. The molecule has 0 saturated heterocycles. The Bertz CT molecular complexity index is 577. The lowest BCUT2D eigenvalue weighted by molar-refractivity contribution is 0.398. The molecule has 0 aliphatic carbocycles. The molecule has 18 heavy (non-hydrogen) atoms. The maximum Gasteiger partial charge on any atom is 0.215 e. The molecule has 1 aromatic heterocycles. The van der Waals surface area contributed by atoms with Gasteiger partial charge in [0.25, 0.3) is 0 Å². The first-order valence-corrected chi connectivity index (χ1v) is 5.92. The van der Waals surface area contributed by atoms with Gasteiger partial charge in [0.1, 0.15) is 5.82 Å². The third-order valence-corrected chi connectivity index (χ3v) is 2.94. The number of pyridine rings is 1. The van der Waals surface area contributed by atoms with Gasteiger partial charge in [-0.05, 0) is 40.2 Å². The van der Waals surface area contributed by atoms with E-state index in [1.807, 2.05) is 0 Å². The quantitative estimate of drug-likeness (QED) is 0.913. The molecule has 4 nitrogen and oxygen atoms in total. The van der Waals surface area contributed by atoms with Gasteiger partial charge in [-0.15, -0.1) is 0 Å². The minimum Gasteiger partial charge on any atom is -0.481 e. The number of anilines is 3. The van der Waals surface area contributed by atoms with E-state index in [2.05, 4.69) is 26.2 Å². The molecule has 0 atom stereocenters. The molecule has 6 heteroatoms. The number of hydrogen-bond donors (Lipinski definition) is 2. The smallest absolute Gasteiger partial charge is 0.215 e. The molecular weight excluding hydrogens is 301 g/mol. The Morgan fingerprint density at radius 2 is 2.11 bits per heavy atom. The number of rotatable bonds is 3. The van der Waals surface area contributed by atoms with Crippen molar-refractivity contribution in [2.75, 3.05) is 18.2 Å². The van der Waals surface area contributed by atoms with Gasteiger partial charge in [-0.1, -0.05) is 0 Å². The van der Waals surface area contributed by atoms with Crippen molar-refractivity contribution >= 4 is 33.1 Å². The molecular formula is C12H11BrFN3O. The highest BCUT2D eigenvalue weighted by Gasteiger charge is 2.06. The number of halogens is 2. The number of ether oxygens (including phenoxy) is 1. The number of methoxy groups -OCH3 is 1. The molecule has 0 spiro atoms. The molecule has 0 amide bonds. The predicted molar refractivity (Wildman–Crippen MR) is 72.6 cm³/mol. The Hall–Kier alpha value is -1.82. The minimum absolute atomic E-state index is 0.360. The number of nitrogen functional groups attached to an aromatic ring is 1. The van der Waals surface area contributed by atoms with Crippen molar-refractivity contribution < 1.29 is 9.13 Å². The molecule has 0 aliphatic heterocycles. The van der Waals surface area contributed by atoms with Gasteiger partial charge in [0.05, 0.1) is 17.3 Å². The molecule has 2 rings (SSSR count). The number of nitrogens with zero attached hydrogens (tertiary/aromatic N) is 1. The highest BCUT2D eigenvalue weighted by molar-refractivity contribution is 9.10. The predicted octanol–water partition coefficient (Wildman–Crippen LogP) is 3.32. The van der Waals surface area contributed by atoms with Crippen LogP contribution in [0.4, 0.5) is 21.6 Å². The molecule has 0 bridgehead atoms. The second-order valence-corrected chi connectivity index (χ2v) is 4.40. The van der Waals surface area contributed by atoms with Gasteiger partial charge in [-0.3, -0.25) is 0 Å².